The van der Waals surface area contributed by atoms with Crippen molar-refractivity contribution in [1.82, 2.24) is 10.3 Å². The Morgan fingerprint density at radius 3 is 2.69 bits per heavy atom. The van der Waals surface area contributed by atoms with E-state index in [9.17, 15) is 14.4 Å². The Balaban J connectivity index is 2.64. The van der Waals surface area contributed by atoms with Crippen molar-refractivity contribution < 1.29 is 9.59 Å². The van der Waals surface area contributed by atoms with Crippen molar-refractivity contribution in [3.8, 4) is 0 Å². The van der Waals surface area contributed by atoms with Crippen molar-refractivity contribution >= 4 is 11.7 Å². The Bertz CT molecular complexity index is 449. The highest BCUT2D eigenvalue weighted by Gasteiger charge is 2.12. The van der Waals surface area contributed by atoms with Crippen LogP contribution in [0.15, 0.2) is 23.3 Å². The van der Waals surface area contributed by atoms with Crippen molar-refractivity contribution in [3.63, 3.8) is 0 Å². The van der Waals surface area contributed by atoms with Crippen molar-refractivity contribution in [3.05, 3.63) is 34.2 Å². The number of hydrogen-bond donors (Lipinski definition) is 2. The lowest BCUT2D eigenvalue weighted by Crippen LogP contribution is -2.34. The van der Waals surface area contributed by atoms with Gasteiger partial charge in [-0.1, -0.05) is 13.8 Å². The SMILES string of the molecule is CC(C)C(=O)CNC(=O)c1c[nH]ccc1=O. The van der Waals surface area contributed by atoms with Crippen molar-refractivity contribution in [1.29, 1.82) is 0 Å². The number of pyridine rings is 1. The molecule has 2 N–H and O–H groups in total. The van der Waals surface area contributed by atoms with Crippen LogP contribution in [0.2, 0.25) is 0 Å². The number of H-pyrrole nitrogens is 1. The summed E-state index contributed by atoms with van der Waals surface area (Å²) in [5.41, 5.74) is -0.354. The summed E-state index contributed by atoms with van der Waals surface area (Å²) >= 11 is 0. The summed E-state index contributed by atoms with van der Waals surface area (Å²) in [5.74, 6) is -0.731. The average molecular weight is 222 g/mol. The third-order valence-electron chi connectivity index (χ3n) is 2.14. The second kappa shape index (κ2) is 5.25. The lowest BCUT2D eigenvalue weighted by atomic mass is 10.1. The highest BCUT2D eigenvalue weighted by molar-refractivity contribution is 5.96. The molecule has 0 unspecified atom stereocenters. The number of rotatable bonds is 4. The number of aromatic nitrogens is 1. The molecule has 5 nitrogen and oxygen atoms in total. The predicted molar refractivity (Wildman–Crippen MR) is 59.2 cm³/mol. The van der Waals surface area contributed by atoms with Gasteiger partial charge in [0.2, 0.25) is 0 Å². The lowest BCUT2D eigenvalue weighted by molar-refractivity contribution is -0.120. The zero-order valence-corrected chi connectivity index (χ0v) is 9.24. The Kier molecular flexibility index (Phi) is 3.99. The van der Waals surface area contributed by atoms with Crippen LogP contribution in [0, 0.1) is 5.92 Å². The van der Waals surface area contributed by atoms with E-state index in [1.54, 1.807) is 13.8 Å². The van der Waals surface area contributed by atoms with Gasteiger partial charge in [-0.3, -0.25) is 14.4 Å². The quantitative estimate of drug-likeness (QED) is 0.770. The van der Waals surface area contributed by atoms with E-state index in [0.29, 0.717) is 0 Å². The van der Waals surface area contributed by atoms with Crippen LogP contribution in [0.25, 0.3) is 0 Å². The molecule has 0 saturated heterocycles. The summed E-state index contributed by atoms with van der Waals surface area (Å²) in [4.78, 5) is 36.7. The van der Waals surface area contributed by atoms with Crippen LogP contribution in [0.3, 0.4) is 0 Å². The van der Waals surface area contributed by atoms with Crippen LogP contribution in [-0.2, 0) is 4.79 Å². The molecule has 0 aliphatic carbocycles. The van der Waals surface area contributed by atoms with Crippen molar-refractivity contribution in [2.45, 2.75) is 13.8 Å². The van der Waals surface area contributed by atoms with E-state index in [-0.39, 0.29) is 29.2 Å². The minimum atomic E-state index is -0.532. The maximum atomic E-state index is 11.5. The van der Waals surface area contributed by atoms with Gasteiger partial charge in [0.25, 0.3) is 5.91 Å². The van der Waals surface area contributed by atoms with Gasteiger partial charge < -0.3 is 10.3 Å². The number of nitrogens with one attached hydrogen (secondary N) is 2. The Hall–Kier alpha value is -1.91. The van der Waals surface area contributed by atoms with Gasteiger partial charge in [-0.05, 0) is 0 Å². The van der Waals surface area contributed by atoms with E-state index in [1.165, 1.54) is 18.5 Å². The summed E-state index contributed by atoms with van der Waals surface area (Å²) in [6, 6.07) is 1.26. The molecule has 0 aromatic carbocycles. The molecule has 0 saturated carbocycles. The van der Waals surface area contributed by atoms with Gasteiger partial charge in [0, 0.05) is 24.4 Å². The number of Topliss-reactive ketones (excluding diaryl/α,β-unsaturated/α-hetero) is 1. The van der Waals surface area contributed by atoms with Crippen LogP contribution in [0.1, 0.15) is 24.2 Å². The van der Waals surface area contributed by atoms with Crippen LogP contribution in [0.5, 0.6) is 0 Å². The predicted octanol–water partition coefficient (Wildman–Crippen LogP) is 0.330. The number of aromatic amines is 1. The Labute approximate surface area is 92.9 Å². The summed E-state index contributed by atoms with van der Waals surface area (Å²) in [7, 11) is 0. The lowest BCUT2D eigenvalue weighted by Gasteiger charge is -2.05. The number of hydrogen-bond acceptors (Lipinski definition) is 3. The zero-order valence-electron chi connectivity index (χ0n) is 9.24. The molecule has 0 aliphatic heterocycles. The molecule has 0 spiro atoms. The number of carbonyl (C=O) groups is 2. The molecule has 1 amide bonds. The van der Waals surface area contributed by atoms with E-state index < -0.39 is 5.91 Å². The summed E-state index contributed by atoms with van der Waals surface area (Å²) in [6.45, 7) is 3.46. The first-order valence-electron chi connectivity index (χ1n) is 5.00. The molecule has 1 rings (SSSR count). The maximum absolute atomic E-state index is 11.5. The van der Waals surface area contributed by atoms with Gasteiger partial charge in [0.1, 0.15) is 5.56 Å². The molecule has 1 heterocycles. The van der Waals surface area contributed by atoms with E-state index in [1.807, 2.05) is 0 Å². The minimum absolute atomic E-state index is 0.0130. The smallest absolute Gasteiger partial charge is 0.257 e. The summed E-state index contributed by atoms with van der Waals surface area (Å²) in [6.07, 6.45) is 2.76. The molecule has 1 aromatic heterocycles. The number of ketones is 1. The van der Waals surface area contributed by atoms with E-state index in [0.717, 1.165) is 0 Å². The first kappa shape index (κ1) is 12.2. The molecule has 16 heavy (non-hydrogen) atoms. The van der Waals surface area contributed by atoms with Gasteiger partial charge in [0.15, 0.2) is 11.2 Å². The second-order valence-electron chi connectivity index (χ2n) is 3.73. The number of amides is 1. The Morgan fingerprint density at radius 1 is 1.44 bits per heavy atom. The van der Waals surface area contributed by atoms with Crippen LogP contribution < -0.4 is 10.7 Å². The molecular formula is C11H14N2O3. The first-order valence-corrected chi connectivity index (χ1v) is 5.00. The summed E-state index contributed by atoms with van der Waals surface area (Å²) < 4.78 is 0. The van der Waals surface area contributed by atoms with Crippen molar-refractivity contribution in [2.24, 2.45) is 5.92 Å². The molecule has 1 aromatic rings. The standard InChI is InChI=1S/C11H14N2O3/c1-7(2)10(15)6-13-11(16)8-5-12-4-3-9(8)14/h3-5,7H,6H2,1-2H3,(H,12,14)(H,13,16). The van der Waals surface area contributed by atoms with Gasteiger partial charge in [-0.15, -0.1) is 0 Å². The fraction of sp³-hybridized carbons (Fsp3) is 0.364. The fourth-order valence-electron chi connectivity index (χ4n) is 1.06. The molecule has 0 fully saturated rings. The molecule has 0 bridgehead atoms. The molecule has 86 valence electrons. The largest absolute Gasteiger partial charge is 0.367 e. The van der Waals surface area contributed by atoms with Crippen LogP contribution in [0.4, 0.5) is 0 Å². The monoisotopic (exact) mass is 222 g/mol. The highest BCUT2D eigenvalue weighted by Crippen LogP contribution is 1.93. The normalized spacial score (nSPS) is 10.2. The van der Waals surface area contributed by atoms with Crippen molar-refractivity contribution in [2.75, 3.05) is 6.54 Å². The molecular weight excluding hydrogens is 208 g/mol. The Morgan fingerprint density at radius 2 is 2.12 bits per heavy atom. The maximum Gasteiger partial charge on any atom is 0.257 e. The molecule has 0 aliphatic rings. The first-order chi connectivity index (χ1) is 7.52. The van der Waals surface area contributed by atoms with Gasteiger partial charge in [-0.25, -0.2) is 0 Å². The molecule has 0 atom stereocenters. The highest BCUT2D eigenvalue weighted by atomic mass is 16.2. The average Bonchev–Trinajstić information content (AvgIpc) is 2.25. The van der Waals surface area contributed by atoms with E-state index in [2.05, 4.69) is 10.3 Å². The van der Waals surface area contributed by atoms with E-state index >= 15 is 0 Å². The van der Waals surface area contributed by atoms with Gasteiger partial charge >= 0.3 is 0 Å². The number of carbonyl (C=O) groups excluding carboxylic acids is 2. The third kappa shape index (κ3) is 3.05. The summed E-state index contributed by atoms with van der Waals surface area (Å²) in [5, 5.41) is 2.41. The van der Waals surface area contributed by atoms with E-state index in [4.69, 9.17) is 0 Å². The van der Waals surface area contributed by atoms with Gasteiger partial charge in [-0.2, -0.15) is 0 Å². The zero-order chi connectivity index (χ0) is 12.1. The fourth-order valence-corrected chi connectivity index (χ4v) is 1.06. The van der Waals surface area contributed by atoms with Crippen LogP contribution in [-0.4, -0.2) is 23.2 Å². The molecule has 5 heteroatoms. The second-order valence-corrected chi connectivity index (χ2v) is 3.73. The topological polar surface area (TPSA) is 79.0 Å². The minimum Gasteiger partial charge on any atom is -0.367 e. The van der Waals surface area contributed by atoms with Gasteiger partial charge in [0.05, 0.1) is 6.54 Å². The van der Waals surface area contributed by atoms with Crippen LogP contribution >= 0.6 is 0 Å². The molecule has 0 radical (unpaired) electrons. The third-order valence-corrected chi connectivity index (χ3v) is 2.14.